The minimum atomic E-state index is -1.19. The van der Waals surface area contributed by atoms with Crippen molar-refractivity contribution in [1.29, 1.82) is 0 Å². The second-order valence-electron chi connectivity index (χ2n) is 10.6. The SMILES string of the molecule is CC1(C)Cc2c(-c3cc(NC(=O)[C@@H]4CCC[C@@H](NC(=O)C5(O)CC5)C4)ncc3Cl)cnn2C1. The van der Waals surface area contributed by atoms with Crippen molar-refractivity contribution < 1.29 is 14.7 Å². The lowest BCUT2D eigenvalue weighted by molar-refractivity contribution is -0.133. The van der Waals surface area contributed by atoms with Gasteiger partial charge in [-0.3, -0.25) is 14.3 Å². The highest BCUT2D eigenvalue weighted by molar-refractivity contribution is 6.33. The van der Waals surface area contributed by atoms with E-state index in [1.54, 1.807) is 6.20 Å². The fourth-order valence-corrected chi connectivity index (χ4v) is 5.24. The Morgan fingerprint density at radius 1 is 1.21 bits per heavy atom. The van der Waals surface area contributed by atoms with E-state index in [9.17, 15) is 14.7 Å². The summed E-state index contributed by atoms with van der Waals surface area (Å²) in [5, 5.41) is 20.9. The first-order valence-corrected chi connectivity index (χ1v) is 12.1. The molecule has 5 rings (SSSR count). The van der Waals surface area contributed by atoms with Gasteiger partial charge in [-0.2, -0.15) is 5.10 Å². The number of hydrogen-bond donors (Lipinski definition) is 3. The Balaban J connectivity index is 1.27. The lowest BCUT2D eigenvalue weighted by Crippen LogP contribution is -2.45. The zero-order valence-corrected chi connectivity index (χ0v) is 19.8. The van der Waals surface area contributed by atoms with Gasteiger partial charge in [-0.25, -0.2) is 4.98 Å². The van der Waals surface area contributed by atoms with E-state index < -0.39 is 5.60 Å². The van der Waals surface area contributed by atoms with Crippen molar-refractivity contribution in [3.63, 3.8) is 0 Å². The maximum atomic E-state index is 13.0. The van der Waals surface area contributed by atoms with Crippen molar-refractivity contribution >= 4 is 29.2 Å². The van der Waals surface area contributed by atoms with Crippen LogP contribution in [0.5, 0.6) is 0 Å². The summed E-state index contributed by atoms with van der Waals surface area (Å²) >= 11 is 6.48. The van der Waals surface area contributed by atoms with E-state index in [1.807, 2.05) is 16.9 Å². The van der Waals surface area contributed by atoms with Crippen molar-refractivity contribution in [2.75, 3.05) is 5.32 Å². The van der Waals surface area contributed by atoms with Crippen molar-refractivity contribution in [3.8, 4) is 11.1 Å². The minimum absolute atomic E-state index is 0.0984. The number of aromatic nitrogens is 3. The zero-order chi connectivity index (χ0) is 23.4. The smallest absolute Gasteiger partial charge is 0.252 e. The van der Waals surface area contributed by atoms with Gasteiger partial charge >= 0.3 is 0 Å². The molecule has 8 nitrogen and oxygen atoms in total. The van der Waals surface area contributed by atoms with Gasteiger partial charge in [-0.05, 0) is 50.0 Å². The van der Waals surface area contributed by atoms with Crippen LogP contribution in [0.3, 0.4) is 0 Å². The van der Waals surface area contributed by atoms with Gasteiger partial charge in [0.25, 0.3) is 5.91 Å². The summed E-state index contributed by atoms with van der Waals surface area (Å²) in [6, 6.07) is 1.72. The van der Waals surface area contributed by atoms with Gasteiger partial charge in [0.15, 0.2) is 0 Å². The van der Waals surface area contributed by atoms with Gasteiger partial charge in [-0.1, -0.05) is 31.9 Å². The summed E-state index contributed by atoms with van der Waals surface area (Å²) in [5.41, 5.74) is 1.89. The number of fused-ring (bicyclic) bond motifs is 1. The standard InChI is InChI=1S/C24H30ClN5O3/c1-23(2)10-19-17(11-27-30(19)13-23)16-9-20(26-12-18(16)25)29-21(31)14-4-3-5-15(8-14)28-22(32)24(33)6-7-24/h9,11-12,14-15,33H,3-8,10,13H2,1-2H3,(H,28,32)(H,26,29,31)/t14-,15-/m1/s1. The Labute approximate surface area is 198 Å². The second kappa shape index (κ2) is 8.09. The first-order chi connectivity index (χ1) is 15.6. The molecular weight excluding hydrogens is 442 g/mol. The molecule has 0 aromatic carbocycles. The molecule has 2 atom stereocenters. The number of rotatable bonds is 5. The monoisotopic (exact) mass is 471 g/mol. The first-order valence-electron chi connectivity index (χ1n) is 11.7. The lowest BCUT2D eigenvalue weighted by atomic mass is 9.85. The molecule has 2 saturated carbocycles. The van der Waals surface area contributed by atoms with Gasteiger partial charge < -0.3 is 15.7 Å². The number of hydrogen-bond acceptors (Lipinski definition) is 5. The summed E-state index contributed by atoms with van der Waals surface area (Å²) in [4.78, 5) is 29.5. The highest BCUT2D eigenvalue weighted by Crippen LogP contribution is 2.40. The average molecular weight is 472 g/mol. The summed E-state index contributed by atoms with van der Waals surface area (Å²) < 4.78 is 2.03. The van der Waals surface area contributed by atoms with Gasteiger partial charge in [0, 0.05) is 41.5 Å². The molecule has 0 spiro atoms. The van der Waals surface area contributed by atoms with Crippen LogP contribution in [-0.4, -0.2) is 43.3 Å². The molecule has 0 saturated heterocycles. The molecule has 2 amide bonds. The normalized spacial score (nSPS) is 24.7. The van der Waals surface area contributed by atoms with Crippen molar-refractivity contribution in [2.45, 2.75) is 77.0 Å². The first kappa shape index (κ1) is 22.3. The van der Waals surface area contributed by atoms with Crippen LogP contribution in [0.1, 0.15) is 58.1 Å². The molecule has 9 heteroatoms. The molecule has 3 aliphatic rings. The molecular formula is C24H30ClN5O3. The average Bonchev–Trinajstić information content (AvgIpc) is 3.30. The molecule has 2 aliphatic carbocycles. The zero-order valence-electron chi connectivity index (χ0n) is 19.0. The third kappa shape index (κ3) is 4.51. The van der Waals surface area contributed by atoms with Crippen LogP contribution in [0.15, 0.2) is 18.5 Å². The van der Waals surface area contributed by atoms with E-state index in [0.717, 1.165) is 49.0 Å². The second-order valence-corrected chi connectivity index (χ2v) is 11.0. The number of nitrogens with one attached hydrogen (secondary N) is 2. The van der Waals surface area contributed by atoms with Crippen molar-refractivity contribution in [1.82, 2.24) is 20.1 Å². The molecule has 0 radical (unpaired) electrons. The third-order valence-corrected chi connectivity index (χ3v) is 7.40. The Hall–Kier alpha value is -2.45. The molecule has 33 heavy (non-hydrogen) atoms. The van der Waals surface area contributed by atoms with E-state index in [1.165, 1.54) is 0 Å². The maximum Gasteiger partial charge on any atom is 0.252 e. The quantitative estimate of drug-likeness (QED) is 0.619. The predicted octanol–water partition coefficient (Wildman–Crippen LogP) is 3.32. The molecule has 2 aromatic rings. The molecule has 3 heterocycles. The topological polar surface area (TPSA) is 109 Å². The van der Waals surface area contributed by atoms with Crippen molar-refractivity contribution in [2.24, 2.45) is 11.3 Å². The summed E-state index contributed by atoms with van der Waals surface area (Å²) in [6.07, 6.45) is 8.31. The molecule has 2 aromatic heterocycles. The number of nitrogens with zero attached hydrogens (tertiary/aromatic N) is 3. The summed E-state index contributed by atoms with van der Waals surface area (Å²) in [5.74, 6) is -0.189. The molecule has 1 aliphatic heterocycles. The maximum absolute atomic E-state index is 13.0. The molecule has 2 fully saturated rings. The van der Waals surface area contributed by atoms with Crippen LogP contribution in [0.25, 0.3) is 11.1 Å². The van der Waals surface area contributed by atoms with E-state index in [2.05, 4.69) is 34.6 Å². The van der Waals surface area contributed by atoms with Crippen LogP contribution < -0.4 is 10.6 Å². The Morgan fingerprint density at radius 3 is 2.76 bits per heavy atom. The van der Waals surface area contributed by atoms with Crippen LogP contribution in [0, 0.1) is 11.3 Å². The molecule has 0 bridgehead atoms. The molecule has 0 unspecified atom stereocenters. The van der Waals surface area contributed by atoms with E-state index in [-0.39, 0.29) is 29.2 Å². The number of amides is 2. The number of pyridine rings is 1. The van der Waals surface area contributed by atoms with Crippen molar-refractivity contribution in [3.05, 3.63) is 29.2 Å². The summed E-state index contributed by atoms with van der Waals surface area (Å²) in [7, 11) is 0. The highest BCUT2D eigenvalue weighted by atomic mass is 35.5. The third-order valence-electron chi connectivity index (χ3n) is 7.10. The fraction of sp³-hybridized carbons (Fsp3) is 0.583. The van der Waals surface area contributed by atoms with E-state index >= 15 is 0 Å². The van der Waals surface area contributed by atoms with E-state index in [4.69, 9.17) is 11.6 Å². The largest absolute Gasteiger partial charge is 0.380 e. The van der Waals surface area contributed by atoms with Gasteiger partial charge in [0.2, 0.25) is 5.91 Å². The number of aliphatic hydroxyl groups is 1. The predicted molar refractivity (Wildman–Crippen MR) is 125 cm³/mol. The van der Waals surface area contributed by atoms with Crippen LogP contribution in [0.2, 0.25) is 5.02 Å². The fourth-order valence-electron chi connectivity index (χ4n) is 5.04. The highest BCUT2D eigenvalue weighted by Gasteiger charge is 2.48. The summed E-state index contributed by atoms with van der Waals surface area (Å²) in [6.45, 7) is 5.30. The number of carbonyl (C=O) groups is 2. The van der Waals surface area contributed by atoms with Gasteiger partial charge in [0.05, 0.1) is 11.2 Å². The van der Waals surface area contributed by atoms with Crippen LogP contribution >= 0.6 is 11.6 Å². The van der Waals surface area contributed by atoms with Crippen LogP contribution in [0.4, 0.5) is 5.82 Å². The van der Waals surface area contributed by atoms with Gasteiger partial charge in [0.1, 0.15) is 11.4 Å². The van der Waals surface area contributed by atoms with Crippen LogP contribution in [-0.2, 0) is 22.6 Å². The van der Waals surface area contributed by atoms with Gasteiger partial charge in [-0.15, -0.1) is 0 Å². The number of anilines is 1. The Morgan fingerprint density at radius 2 is 2.00 bits per heavy atom. The molecule has 176 valence electrons. The Bertz CT molecular complexity index is 1110. The Kier molecular flexibility index (Phi) is 5.48. The number of carbonyl (C=O) groups excluding carboxylic acids is 2. The number of halogens is 1. The van der Waals surface area contributed by atoms with E-state index in [0.29, 0.717) is 30.1 Å². The minimum Gasteiger partial charge on any atom is -0.380 e. The molecule has 3 N–H and O–H groups in total. The lowest BCUT2D eigenvalue weighted by Gasteiger charge is -2.29.